The summed E-state index contributed by atoms with van der Waals surface area (Å²) >= 11 is 0. The van der Waals surface area contributed by atoms with Gasteiger partial charge in [-0.25, -0.2) is 23.5 Å². The number of alkyl carbamates (subject to hydrolysis) is 1. The van der Waals surface area contributed by atoms with Gasteiger partial charge in [-0.15, -0.1) is 0 Å². The molecule has 2 aliphatic heterocycles. The van der Waals surface area contributed by atoms with Gasteiger partial charge in [0.05, 0.1) is 6.04 Å². The van der Waals surface area contributed by atoms with Gasteiger partial charge in [-0.2, -0.15) is 4.98 Å². The molecule has 2 unspecified atom stereocenters. The number of amides is 1. The summed E-state index contributed by atoms with van der Waals surface area (Å²) in [5.74, 6) is -0.201. The fourth-order valence-electron chi connectivity index (χ4n) is 5.42. The first-order valence-corrected chi connectivity index (χ1v) is 14.8. The van der Waals surface area contributed by atoms with E-state index < -0.39 is 35.3 Å². The van der Waals surface area contributed by atoms with Gasteiger partial charge in [0.2, 0.25) is 5.95 Å². The van der Waals surface area contributed by atoms with Crippen LogP contribution in [0.2, 0.25) is 0 Å². The molecule has 1 aromatic carbocycles. The van der Waals surface area contributed by atoms with Gasteiger partial charge in [-0.1, -0.05) is 19.0 Å². The first-order chi connectivity index (χ1) is 20.4. The van der Waals surface area contributed by atoms with Crippen molar-refractivity contribution in [2.24, 2.45) is 0 Å². The van der Waals surface area contributed by atoms with Crippen LogP contribution >= 0.6 is 0 Å². The number of hydrogen-bond donors (Lipinski definition) is 2. The van der Waals surface area contributed by atoms with Crippen molar-refractivity contribution in [3.63, 3.8) is 0 Å². The lowest BCUT2D eigenvalue weighted by molar-refractivity contribution is 0.0504. The molecule has 2 atom stereocenters. The van der Waals surface area contributed by atoms with Gasteiger partial charge in [0.15, 0.2) is 5.82 Å². The molecule has 0 radical (unpaired) electrons. The van der Waals surface area contributed by atoms with Crippen molar-refractivity contribution in [2.45, 2.75) is 83.5 Å². The number of hydrogen-bond acceptors (Lipinski definition) is 10. The van der Waals surface area contributed by atoms with Crippen molar-refractivity contribution in [3.8, 4) is 0 Å². The smallest absolute Gasteiger partial charge is 0.407 e. The number of aromatic nitrogens is 4. The molecule has 3 aromatic rings. The number of halogens is 2. The molecule has 2 saturated heterocycles. The molecule has 2 aliphatic rings. The highest BCUT2D eigenvalue weighted by atomic mass is 19.1. The fraction of sp³-hybridized carbons (Fsp3) is 0.567. The molecular formula is C30H40F2N8O3. The molecule has 0 aliphatic carbocycles. The largest absolute Gasteiger partial charge is 0.444 e. The average molecular weight is 599 g/mol. The second-order valence-corrected chi connectivity index (χ2v) is 12.6. The van der Waals surface area contributed by atoms with Crippen LogP contribution in [0.3, 0.4) is 0 Å². The summed E-state index contributed by atoms with van der Waals surface area (Å²) in [4.78, 5) is 30.2. The van der Waals surface area contributed by atoms with Crippen LogP contribution in [0.4, 0.5) is 25.5 Å². The lowest BCUT2D eigenvalue weighted by Crippen LogP contribution is -2.43. The van der Waals surface area contributed by atoms with E-state index in [4.69, 9.17) is 9.26 Å². The van der Waals surface area contributed by atoms with Crippen LogP contribution in [-0.2, 0) is 11.3 Å². The molecule has 232 valence electrons. The Morgan fingerprint density at radius 1 is 1.12 bits per heavy atom. The average Bonchev–Trinajstić information content (AvgIpc) is 3.61. The zero-order valence-corrected chi connectivity index (χ0v) is 25.3. The minimum atomic E-state index is -0.697. The summed E-state index contributed by atoms with van der Waals surface area (Å²) in [6.07, 6.45) is 4.80. The van der Waals surface area contributed by atoms with E-state index in [0.717, 1.165) is 49.5 Å². The van der Waals surface area contributed by atoms with Crippen molar-refractivity contribution < 1.29 is 22.8 Å². The van der Waals surface area contributed by atoms with E-state index in [1.807, 2.05) is 18.7 Å². The Hall–Kier alpha value is -3.87. The molecule has 0 spiro atoms. The van der Waals surface area contributed by atoms with Crippen molar-refractivity contribution in [2.75, 3.05) is 36.0 Å². The van der Waals surface area contributed by atoms with Gasteiger partial charge in [0.25, 0.3) is 0 Å². The highest BCUT2D eigenvalue weighted by Gasteiger charge is 2.38. The standard InChI is InChI=1S/C30H40F2N8O3/c1-18(2)26-37-28(43-38-26)39-10-8-21(9-11-39)33-13-19-14-34-27(35-15-19)40-16-23(22-12-20(31)6-7-24(22)32)25(17-40)36-29(41)42-30(3,4)5/h6-7,12,14-15,18,21,23,25,33H,8-11,13,16-17H2,1-5H3,(H,36,41). The molecule has 0 bridgehead atoms. The topological polar surface area (TPSA) is 122 Å². The molecule has 1 amide bonds. The zero-order valence-electron chi connectivity index (χ0n) is 25.3. The quantitative estimate of drug-likeness (QED) is 0.383. The molecule has 2 N–H and O–H groups in total. The van der Waals surface area contributed by atoms with Crippen molar-refractivity contribution in [3.05, 3.63) is 59.2 Å². The van der Waals surface area contributed by atoms with Gasteiger partial charge < -0.3 is 29.7 Å². The number of carbonyl (C=O) groups is 1. The number of rotatable bonds is 8. The zero-order chi connectivity index (χ0) is 30.7. The van der Waals surface area contributed by atoms with Crippen LogP contribution < -0.4 is 20.4 Å². The minimum absolute atomic E-state index is 0.190. The van der Waals surface area contributed by atoms with Crippen molar-refractivity contribution >= 4 is 18.1 Å². The Kier molecular flexibility index (Phi) is 9.09. The monoisotopic (exact) mass is 598 g/mol. The van der Waals surface area contributed by atoms with E-state index in [-0.39, 0.29) is 11.5 Å². The lowest BCUT2D eigenvalue weighted by Gasteiger charge is -2.31. The maximum Gasteiger partial charge on any atom is 0.407 e. The Labute approximate surface area is 250 Å². The van der Waals surface area contributed by atoms with E-state index in [0.29, 0.717) is 37.6 Å². The second kappa shape index (κ2) is 12.8. The van der Waals surface area contributed by atoms with E-state index in [9.17, 15) is 13.6 Å². The van der Waals surface area contributed by atoms with Crippen LogP contribution in [0.1, 0.15) is 76.2 Å². The van der Waals surface area contributed by atoms with E-state index in [1.54, 1.807) is 33.2 Å². The predicted octanol–water partition coefficient (Wildman–Crippen LogP) is 4.52. The normalized spacial score (nSPS) is 19.7. The summed E-state index contributed by atoms with van der Waals surface area (Å²) in [7, 11) is 0. The van der Waals surface area contributed by atoms with Crippen molar-refractivity contribution in [1.82, 2.24) is 30.7 Å². The van der Waals surface area contributed by atoms with Gasteiger partial charge in [0, 0.05) is 68.6 Å². The summed E-state index contributed by atoms with van der Waals surface area (Å²) in [6.45, 7) is 12.3. The van der Waals surface area contributed by atoms with E-state index in [1.165, 1.54) is 6.07 Å². The number of nitrogens with zero attached hydrogens (tertiary/aromatic N) is 6. The summed E-state index contributed by atoms with van der Waals surface area (Å²) in [5.41, 5.74) is 0.423. The lowest BCUT2D eigenvalue weighted by atomic mass is 9.94. The van der Waals surface area contributed by atoms with Gasteiger partial charge in [0.1, 0.15) is 17.2 Å². The molecule has 2 aromatic heterocycles. The highest BCUT2D eigenvalue weighted by molar-refractivity contribution is 5.68. The first kappa shape index (κ1) is 30.6. The molecule has 11 nitrogen and oxygen atoms in total. The number of anilines is 2. The molecule has 4 heterocycles. The molecule has 0 saturated carbocycles. The minimum Gasteiger partial charge on any atom is -0.444 e. The molecule has 13 heteroatoms. The number of piperidine rings is 1. The molecule has 2 fully saturated rings. The third-order valence-electron chi connectivity index (χ3n) is 7.66. The summed E-state index contributed by atoms with van der Waals surface area (Å²) in [5, 5.41) is 10.5. The Morgan fingerprint density at radius 3 is 2.49 bits per heavy atom. The van der Waals surface area contributed by atoms with Crippen molar-refractivity contribution in [1.29, 1.82) is 0 Å². The van der Waals surface area contributed by atoms with Crippen LogP contribution in [0.25, 0.3) is 0 Å². The SMILES string of the molecule is CC(C)c1noc(N2CCC(NCc3cnc(N4CC(NC(=O)OC(C)(C)C)C(c5cc(F)ccc5F)C4)nc3)CC2)n1. The van der Waals surface area contributed by atoms with Crippen LogP contribution in [0.15, 0.2) is 35.1 Å². The molecule has 5 rings (SSSR count). The van der Waals surface area contributed by atoms with Crippen LogP contribution in [-0.4, -0.2) is 70.1 Å². The first-order valence-electron chi connectivity index (χ1n) is 14.8. The number of carbonyl (C=O) groups excluding carboxylic acids is 1. The Balaban J connectivity index is 1.18. The predicted molar refractivity (Wildman–Crippen MR) is 157 cm³/mol. The summed E-state index contributed by atoms with van der Waals surface area (Å²) < 4.78 is 39.7. The molecule has 43 heavy (non-hydrogen) atoms. The maximum absolute atomic E-state index is 14.8. The third-order valence-corrected chi connectivity index (χ3v) is 7.66. The maximum atomic E-state index is 14.8. The van der Waals surface area contributed by atoms with Gasteiger partial charge >= 0.3 is 12.1 Å². The Bertz CT molecular complexity index is 1390. The van der Waals surface area contributed by atoms with Gasteiger partial charge in [-0.05, 0) is 57.4 Å². The second-order valence-electron chi connectivity index (χ2n) is 12.6. The Morgan fingerprint density at radius 2 is 1.84 bits per heavy atom. The van der Waals surface area contributed by atoms with E-state index in [2.05, 4.69) is 35.6 Å². The number of benzene rings is 1. The van der Waals surface area contributed by atoms with Gasteiger partial charge in [-0.3, -0.25) is 0 Å². The van der Waals surface area contributed by atoms with E-state index >= 15 is 0 Å². The fourth-order valence-corrected chi connectivity index (χ4v) is 5.42. The molecular weight excluding hydrogens is 558 g/mol. The van der Waals surface area contributed by atoms with Crippen LogP contribution in [0.5, 0.6) is 0 Å². The summed E-state index contributed by atoms with van der Waals surface area (Å²) in [6, 6.07) is 3.75. The number of ether oxygens (including phenoxy) is 1. The highest BCUT2D eigenvalue weighted by Crippen LogP contribution is 2.32. The number of nitrogens with one attached hydrogen (secondary N) is 2. The van der Waals surface area contributed by atoms with Crippen LogP contribution in [0, 0.1) is 11.6 Å². The third kappa shape index (κ3) is 7.75.